The molecule has 4 rings (SSSR count). The van der Waals surface area contributed by atoms with E-state index in [1.807, 2.05) is 74.7 Å². The van der Waals surface area contributed by atoms with Crippen molar-refractivity contribution in [2.45, 2.75) is 32.5 Å². The first kappa shape index (κ1) is 21.3. The first-order valence-electron chi connectivity index (χ1n) is 10.1. The van der Waals surface area contributed by atoms with Crippen LogP contribution in [0.4, 0.5) is 5.69 Å². The Bertz CT molecular complexity index is 1290. The maximum absolute atomic E-state index is 13.1. The number of carbonyl (C=O) groups excluding carboxylic acids is 1. The average molecular weight is 450 g/mol. The zero-order chi connectivity index (χ0) is 22.0. The number of aromatic nitrogens is 2. The van der Waals surface area contributed by atoms with Crippen LogP contribution < -0.4 is 10.9 Å². The Morgan fingerprint density at radius 2 is 1.81 bits per heavy atom. The summed E-state index contributed by atoms with van der Waals surface area (Å²) < 4.78 is 2.29. The Morgan fingerprint density at radius 1 is 1.10 bits per heavy atom. The number of hydrogen-bond donors (Lipinski definition) is 1. The van der Waals surface area contributed by atoms with Crippen molar-refractivity contribution in [3.05, 3.63) is 75.4 Å². The molecule has 0 bridgehead atoms. The lowest BCUT2D eigenvalue weighted by atomic mass is 10.1. The van der Waals surface area contributed by atoms with E-state index in [9.17, 15) is 9.59 Å². The van der Waals surface area contributed by atoms with Crippen molar-refractivity contribution in [3.8, 4) is 11.1 Å². The molecule has 31 heavy (non-hydrogen) atoms. The largest absolute Gasteiger partial charge is 0.325 e. The minimum absolute atomic E-state index is 0.0580. The second-order valence-corrected chi connectivity index (χ2v) is 9.06. The highest BCUT2D eigenvalue weighted by atomic mass is 32.2. The Kier molecular flexibility index (Phi) is 6.25. The molecule has 5 nitrogen and oxygen atoms in total. The van der Waals surface area contributed by atoms with Crippen LogP contribution in [0.15, 0.2) is 63.9 Å². The van der Waals surface area contributed by atoms with Gasteiger partial charge in [-0.1, -0.05) is 60.3 Å². The minimum Gasteiger partial charge on any atom is -0.325 e. The lowest BCUT2D eigenvalue weighted by molar-refractivity contribution is -0.113. The summed E-state index contributed by atoms with van der Waals surface area (Å²) >= 11 is 2.71. The second kappa shape index (κ2) is 9.08. The topological polar surface area (TPSA) is 64.0 Å². The molecule has 0 aliphatic heterocycles. The predicted octanol–water partition coefficient (Wildman–Crippen LogP) is 5.49. The normalized spacial score (nSPS) is 11.1. The molecule has 0 fully saturated rings. The molecule has 0 aliphatic rings. The summed E-state index contributed by atoms with van der Waals surface area (Å²) in [5, 5.41) is 5.54. The fourth-order valence-corrected chi connectivity index (χ4v) is 5.33. The molecule has 1 amide bonds. The smallest absolute Gasteiger partial charge is 0.272 e. The Labute approximate surface area is 189 Å². The van der Waals surface area contributed by atoms with Gasteiger partial charge in [-0.25, -0.2) is 4.98 Å². The lowest BCUT2D eigenvalue weighted by Crippen LogP contribution is -2.23. The van der Waals surface area contributed by atoms with E-state index in [0.29, 0.717) is 21.9 Å². The van der Waals surface area contributed by atoms with E-state index < -0.39 is 0 Å². The molecule has 4 aromatic rings. The molecule has 0 radical (unpaired) electrons. The van der Waals surface area contributed by atoms with Crippen molar-refractivity contribution in [2.24, 2.45) is 0 Å². The second-order valence-electron chi connectivity index (χ2n) is 7.24. The number of thioether (sulfide) groups is 1. The van der Waals surface area contributed by atoms with Crippen LogP contribution in [0, 0.1) is 13.8 Å². The van der Waals surface area contributed by atoms with Gasteiger partial charge in [0.25, 0.3) is 5.56 Å². The SMILES string of the molecule is CCn1c(SCC(=O)Nc2c(C)cccc2C)nc2c(-c3ccccc3)csc2c1=O. The Hall–Kier alpha value is -2.90. The third-order valence-electron chi connectivity index (χ3n) is 5.12. The molecule has 0 aliphatic carbocycles. The van der Waals surface area contributed by atoms with Crippen LogP contribution in [0.5, 0.6) is 0 Å². The van der Waals surface area contributed by atoms with Crippen LogP contribution in [-0.2, 0) is 11.3 Å². The number of para-hydroxylation sites is 1. The summed E-state index contributed by atoms with van der Waals surface area (Å²) in [7, 11) is 0. The van der Waals surface area contributed by atoms with Gasteiger partial charge in [0.15, 0.2) is 5.16 Å². The van der Waals surface area contributed by atoms with Gasteiger partial charge in [-0.15, -0.1) is 11.3 Å². The van der Waals surface area contributed by atoms with Crippen LogP contribution in [0.25, 0.3) is 21.3 Å². The number of benzene rings is 2. The quantitative estimate of drug-likeness (QED) is 0.312. The maximum atomic E-state index is 13.1. The van der Waals surface area contributed by atoms with E-state index in [4.69, 9.17) is 4.98 Å². The van der Waals surface area contributed by atoms with Gasteiger partial charge in [0, 0.05) is 23.2 Å². The van der Waals surface area contributed by atoms with Gasteiger partial charge < -0.3 is 5.32 Å². The highest BCUT2D eigenvalue weighted by Gasteiger charge is 2.17. The molecular weight excluding hydrogens is 426 g/mol. The molecule has 0 saturated carbocycles. The van der Waals surface area contributed by atoms with Crippen molar-refractivity contribution < 1.29 is 4.79 Å². The van der Waals surface area contributed by atoms with Gasteiger partial charge in [0.05, 0.1) is 11.3 Å². The van der Waals surface area contributed by atoms with Crippen molar-refractivity contribution in [2.75, 3.05) is 11.1 Å². The molecule has 0 atom stereocenters. The molecule has 0 saturated heterocycles. The monoisotopic (exact) mass is 449 g/mol. The predicted molar refractivity (Wildman–Crippen MR) is 130 cm³/mol. The van der Waals surface area contributed by atoms with E-state index in [0.717, 1.165) is 27.9 Å². The fraction of sp³-hybridized carbons (Fsp3) is 0.208. The molecule has 158 valence electrons. The molecule has 7 heteroatoms. The lowest BCUT2D eigenvalue weighted by Gasteiger charge is -2.13. The number of hydrogen-bond acceptors (Lipinski definition) is 5. The first-order chi connectivity index (χ1) is 15.0. The molecular formula is C24H23N3O2S2. The number of aryl methyl sites for hydroxylation is 2. The van der Waals surface area contributed by atoms with Crippen LogP contribution in [0.3, 0.4) is 0 Å². The van der Waals surface area contributed by atoms with Crippen LogP contribution in [-0.4, -0.2) is 21.2 Å². The van der Waals surface area contributed by atoms with Crippen molar-refractivity contribution in [1.29, 1.82) is 0 Å². The van der Waals surface area contributed by atoms with E-state index >= 15 is 0 Å². The summed E-state index contributed by atoms with van der Waals surface area (Å²) in [6.45, 7) is 6.37. The number of nitrogens with one attached hydrogen (secondary N) is 1. The summed E-state index contributed by atoms with van der Waals surface area (Å²) in [6, 6.07) is 15.9. The summed E-state index contributed by atoms with van der Waals surface area (Å²) in [4.78, 5) is 30.5. The fourth-order valence-electron chi connectivity index (χ4n) is 3.51. The van der Waals surface area contributed by atoms with Gasteiger partial charge >= 0.3 is 0 Å². The van der Waals surface area contributed by atoms with Gasteiger partial charge in [-0.2, -0.15) is 0 Å². The van der Waals surface area contributed by atoms with Crippen molar-refractivity contribution in [3.63, 3.8) is 0 Å². The molecule has 1 N–H and O–H groups in total. The summed E-state index contributed by atoms with van der Waals surface area (Å²) in [6.07, 6.45) is 0. The number of fused-ring (bicyclic) bond motifs is 1. The van der Waals surface area contributed by atoms with E-state index in [-0.39, 0.29) is 17.2 Å². The number of amides is 1. The van der Waals surface area contributed by atoms with Crippen LogP contribution in [0.2, 0.25) is 0 Å². The van der Waals surface area contributed by atoms with Gasteiger partial charge in [0.2, 0.25) is 5.91 Å². The average Bonchev–Trinajstić information content (AvgIpc) is 3.20. The zero-order valence-electron chi connectivity index (χ0n) is 17.6. The third-order valence-corrected chi connectivity index (χ3v) is 7.06. The minimum atomic E-state index is -0.118. The van der Waals surface area contributed by atoms with Gasteiger partial charge in [-0.05, 0) is 37.5 Å². The van der Waals surface area contributed by atoms with Gasteiger partial charge in [0.1, 0.15) is 4.70 Å². The standard InChI is InChI=1S/C24H23N3O2S2/c1-4-27-23(29)22-21(18(13-30-22)17-11-6-5-7-12-17)26-24(27)31-14-19(28)25-20-15(2)9-8-10-16(20)3/h5-13H,4,14H2,1-3H3,(H,25,28). The first-order valence-corrected chi connectivity index (χ1v) is 11.9. The molecule has 2 aromatic carbocycles. The Morgan fingerprint density at radius 3 is 2.48 bits per heavy atom. The summed E-state index contributed by atoms with van der Waals surface area (Å²) in [5.41, 5.74) is 5.50. The molecule has 2 aromatic heterocycles. The molecule has 0 unspecified atom stereocenters. The third kappa shape index (κ3) is 4.29. The number of anilines is 1. The maximum Gasteiger partial charge on any atom is 0.272 e. The molecule has 0 spiro atoms. The van der Waals surface area contributed by atoms with Crippen molar-refractivity contribution >= 4 is 44.9 Å². The van der Waals surface area contributed by atoms with E-state index in [2.05, 4.69) is 5.32 Å². The molecule has 2 heterocycles. The van der Waals surface area contributed by atoms with E-state index in [1.165, 1.54) is 23.1 Å². The van der Waals surface area contributed by atoms with E-state index in [1.54, 1.807) is 4.57 Å². The summed E-state index contributed by atoms with van der Waals surface area (Å²) in [5.74, 6) is 0.0595. The number of rotatable bonds is 6. The van der Waals surface area contributed by atoms with Crippen LogP contribution in [0.1, 0.15) is 18.1 Å². The highest BCUT2D eigenvalue weighted by Crippen LogP contribution is 2.32. The zero-order valence-corrected chi connectivity index (χ0v) is 19.3. The number of carbonyl (C=O) groups is 1. The van der Waals surface area contributed by atoms with Crippen molar-refractivity contribution in [1.82, 2.24) is 9.55 Å². The highest BCUT2D eigenvalue weighted by molar-refractivity contribution is 7.99. The number of thiophene rings is 1. The number of nitrogens with zero attached hydrogens (tertiary/aromatic N) is 2. The van der Waals surface area contributed by atoms with Gasteiger partial charge in [-0.3, -0.25) is 14.2 Å². The Balaban J connectivity index is 1.64. The van der Waals surface area contributed by atoms with Crippen LogP contribution >= 0.6 is 23.1 Å².